The van der Waals surface area contributed by atoms with Crippen molar-refractivity contribution < 1.29 is 13.2 Å². The van der Waals surface area contributed by atoms with Gasteiger partial charge in [-0.1, -0.05) is 0 Å². The predicted molar refractivity (Wildman–Crippen MR) is 58.7 cm³/mol. The second kappa shape index (κ2) is 4.20. The number of ether oxygens (including phenoxy) is 1. The summed E-state index contributed by atoms with van der Waals surface area (Å²) in [5, 5.41) is 7.13. The second-order valence-electron chi connectivity index (χ2n) is 2.94. The van der Waals surface area contributed by atoms with Crippen molar-refractivity contribution in [2.45, 2.75) is 11.8 Å². The Morgan fingerprint density at radius 1 is 1.47 bits per heavy atom. The predicted octanol–water partition coefficient (Wildman–Crippen LogP) is 1.93. The molecule has 0 radical (unpaired) electrons. The van der Waals surface area contributed by atoms with E-state index < -0.39 is 9.05 Å². The van der Waals surface area contributed by atoms with Gasteiger partial charge in [0.25, 0.3) is 9.05 Å². The summed E-state index contributed by atoms with van der Waals surface area (Å²) in [5.74, 6) is 0.495. The van der Waals surface area contributed by atoms with Crippen molar-refractivity contribution in [3.05, 3.63) is 23.3 Å². The van der Waals surface area contributed by atoms with E-state index in [-0.39, 0.29) is 10.5 Å². The first-order chi connectivity index (χ1) is 6.90. The van der Waals surface area contributed by atoms with E-state index in [2.05, 4.69) is 0 Å². The fraction of sp³-hybridized carbons (Fsp3) is 0.222. The molecule has 0 bridgehead atoms. The normalized spacial score (nSPS) is 11.1. The van der Waals surface area contributed by atoms with Gasteiger partial charge in [-0.2, -0.15) is 0 Å². The summed E-state index contributed by atoms with van der Waals surface area (Å²) in [6.07, 6.45) is 0.935. The summed E-state index contributed by atoms with van der Waals surface area (Å²) in [6.45, 7) is 1.60. The first-order valence-electron chi connectivity index (χ1n) is 4.04. The van der Waals surface area contributed by atoms with Crippen LogP contribution >= 0.6 is 10.7 Å². The number of hydrogen-bond donors (Lipinski definition) is 1. The summed E-state index contributed by atoms with van der Waals surface area (Å²) >= 11 is 0. The third-order valence-electron chi connectivity index (χ3n) is 1.91. The molecule has 0 aliphatic heterocycles. The van der Waals surface area contributed by atoms with Crippen LogP contribution in [0.25, 0.3) is 0 Å². The number of aryl methyl sites for hydroxylation is 1. The molecule has 0 heterocycles. The molecule has 4 nitrogen and oxygen atoms in total. The van der Waals surface area contributed by atoms with E-state index in [1.54, 1.807) is 13.0 Å². The zero-order chi connectivity index (χ0) is 11.6. The van der Waals surface area contributed by atoms with Crippen LogP contribution in [0.4, 0.5) is 0 Å². The summed E-state index contributed by atoms with van der Waals surface area (Å²) in [4.78, 5) is -0.0417. The molecule has 0 aliphatic rings. The van der Waals surface area contributed by atoms with E-state index in [0.717, 1.165) is 6.21 Å². The molecule has 0 aliphatic carbocycles. The van der Waals surface area contributed by atoms with Gasteiger partial charge >= 0.3 is 0 Å². The van der Waals surface area contributed by atoms with Crippen LogP contribution in [0.3, 0.4) is 0 Å². The number of benzene rings is 1. The monoisotopic (exact) mass is 247 g/mol. The van der Waals surface area contributed by atoms with E-state index >= 15 is 0 Å². The maximum atomic E-state index is 11.3. The molecule has 0 saturated heterocycles. The van der Waals surface area contributed by atoms with Crippen molar-refractivity contribution in [3.8, 4) is 5.75 Å². The number of halogens is 1. The van der Waals surface area contributed by atoms with Gasteiger partial charge in [0.2, 0.25) is 0 Å². The Bertz CT molecular complexity index is 496. The molecule has 0 fully saturated rings. The van der Waals surface area contributed by atoms with Gasteiger partial charge in [-0.3, -0.25) is 0 Å². The van der Waals surface area contributed by atoms with Gasteiger partial charge in [-0.05, 0) is 24.6 Å². The zero-order valence-electron chi connectivity index (χ0n) is 8.24. The Balaban J connectivity index is 3.59. The molecular weight excluding hydrogens is 238 g/mol. The molecular formula is C9H10ClNO3S. The van der Waals surface area contributed by atoms with Crippen LogP contribution in [0.1, 0.15) is 11.1 Å². The Morgan fingerprint density at radius 2 is 2.07 bits per heavy atom. The zero-order valence-corrected chi connectivity index (χ0v) is 9.82. The third-order valence-corrected chi connectivity index (χ3v) is 3.42. The average molecular weight is 248 g/mol. The van der Waals surface area contributed by atoms with Crippen LogP contribution < -0.4 is 4.74 Å². The smallest absolute Gasteiger partial charge is 0.262 e. The van der Waals surface area contributed by atoms with Crippen molar-refractivity contribution in [1.82, 2.24) is 0 Å². The largest absolute Gasteiger partial charge is 0.497 e. The van der Waals surface area contributed by atoms with E-state index in [4.69, 9.17) is 20.8 Å². The lowest BCUT2D eigenvalue weighted by atomic mass is 10.1. The highest BCUT2D eigenvalue weighted by molar-refractivity contribution is 8.13. The van der Waals surface area contributed by atoms with E-state index in [1.165, 1.54) is 13.2 Å². The Labute approximate surface area is 92.8 Å². The minimum atomic E-state index is -3.84. The van der Waals surface area contributed by atoms with E-state index in [1.807, 2.05) is 0 Å². The minimum Gasteiger partial charge on any atom is -0.497 e. The first kappa shape index (κ1) is 12.0. The van der Waals surface area contributed by atoms with Gasteiger partial charge in [-0.25, -0.2) is 8.42 Å². The van der Waals surface area contributed by atoms with Crippen molar-refractivity contribution in [1.29, 1.82) is 5.41 Å². The number of hydrogen-bond acceptors (Lipinski definition) is 4. The minimum absolute atomic E-state index is 0.0417. The highest BCUT2D eigenvalue weighted by Gasteiger charge is 2.18. The van der Waals surface area contributed by atoms with Crippen molar-refractivity contribution in [2.24, 2.45) is 0 Å². The van der Waals surface area contributed by atoms with Crippen LogP contribution in [-0.4, -0.2) is 21.7 Å². The Hall–Kier alpha value is -1.07. The quantitative estimate of drug-likeness (QED) is 0.656. The number of methoxy groups -OCH3 is 1. The van der Waals surface area contributed by atoms with Gasteiger partial charge in [0.05, 0.1) is 12.0 Å². The van der Waals surface area contributed by atoms with E-state index in [0.29, 0.717) is 11.3 Å². The van der Waals surface area contributed by atoms with Crippen LogP contribution in [0, 0.1) is 12.3 Å². The van der Waals surface area contributed by atoms with Gasteiger partial charge in [0, 0.05) is 22.5 Å². The molecule has 0 amide bonds. The molecule has 0 atom stereocenters. The lowest BCUT2D eigenvalue weighted by molar-refractivity contribution is 0.414. The molecule has 1 aromatic rings. The number of nitrogens with one attached hydrogen (secondary N) is 1. The molecule has 82 valence electrons. The summed E-state index contributed by atoms with van der Waals surface area (Å²) in [7, 11) is 2.91. The maximum absolute atomic E-state index is 11.3. The summed E-state index contributed by atoms with van der Waals surface area (Å²) < 4.78 is 27.5. The SMILES string of the molecule is COc1cc(C)c(S(=O)(=O)Cl)c(C=N)c1. The molecule has 1 rings (SSSR count). The molecule has 0 spiro atoms. The van der Waals surface area contributed by atoms with Crippen molar-refractivity contribution >= 4 is 25.9 Å². The van der Waals surface area contributed by atoms with Crippen LogP contribution in [0.15, 0.2) is 17.0 Å². The highest BCUT2D eigenvalue weighted by atomic mass is 35.7. The fourth-order valence-electron chi connectivity index (χ4n) is 1.33. The Morgan fingerprint density at radius 3 is 2.47 bits per heavy atom. The Kier molecular flexibility index (Phi) is 3.36. The third kappa shape index (κ3) is 2.49. The van der Waals surface area contributed by atoms with Gasteiger partial charge < -0.3 is 10.1 Å². The van der Waals surface area contributed by atoms with Gasteiger partial charge in [-0.15, -0.1) is 0 Å². The van der Waals surface area contributed by atoms with E-state index in [9.17, 15) is 8.42 Å². The van der Waals surface area contributed by atoms with Crippen LogP contribution in [0.5, 0.6) is 5.75 Å². The van der Waals surface area contributed by atoms with Crippen molar-refractivity contribution in [3.63, 3.8) is 0 Å². The standard InChI is InChI=1S/C9H10ClNO3S/c1-6-3-8(14-2)4-7(5-11)9(6)15(10,12)13/h3-5,11H,1-2H3. The summed E-state index contributed by atoms with van der Waals surface area (Å²) in [6, 6.07) is 3.01. The molecule has 1 N–H and O–H groups in total. The number of rotatable bonds is 3. The van der Waals surface area contributed by atoms with Gasteiger partial charge in [0.1, 0.15) is 5.75 Å². The van der Waals surface area contributed by atoms with Crippen molar-refractivity contribution in [2.75, 3.05) is 7.11 Å². The topological polar surface area (TPSA) is 67.2 Å². The van der Waals surface area contributed by atoms with Gasteiger partial charge in [0.15, 0.2) is 0 Å². The van der Waals surface area contributed by atoms with Crippen LogP contribution in [0.2, 0.25) is 0 Å². The molecule has 6 heteroatoms. The first-order valence-corrected chi connectivity index (χ1v) is 6.35. The molecule has 0 saturated carbocycles. The summed E-state index contributed by atoms with van der Waals surface area (Å²) in [5.41, 5.74) is 0.685. The highest BCUT2D eigenvalue weighted by Crippen LogP contribution is 2.27. The fourth-order valence-corrected chi connectivity index (χ4v) is 2.80. The molecule has 15 heavy (non-hydrogen) atoms. The molecule has 1 aromatic carbocycles. The second-order valence-corrected chi connectivity index (χ2v) is 5.45. The maximum Gasteiger partial charge on any atom is 0.262 e. The average Bonchev–Trinajstić information content (AvgIpc) is 2.14. The van der Waals surface area contributed by atoms with Crippen LogP contribution in [-0.2, 0) is 9.05 Å². The molecule has 0 unspecified atom stereocenters. The lowest BCUT2D eigenvalue weighted by Crippen LogP contribution is -2.01. The molecule has 0 aromatic heterocycles. The lowest BCUT2D eigenvalue weighted by Gasteiger charge is -2.08.